The smallest absolute Gasteiger partial charge is 0.101 e. The lowest BCUT2D eigenvalue weighted by atomic mass is 10.1. The second kappa shape index (κ2) is 9.50. The van der Waals surface area contributed by atoms with Crippen LogP contribution < -0.4 is 0 Å². The van der Waals surface area contributed by atoms with Gasteiger partial charge >= 0.3 is 0 Å². The number of allylic oxidation sites excluding steroid dienone is 1. The van der Waals surface area contributed by atoms with Crippen molar-refractivity contribution < 1.29 is 4.74 Å². The Bertz CT molecular complexity index is 395. The molecule has 1 heteroatoms. The fourth-order valence-corrected chi connectivity index (χ4v) is 1.70. The van der Waals surface area contributed by atoms with Gasteiger partial charge in [0.15, 0.2) is 0 Å². The van der Waals surface area contributed by atoms with Crippen LogP contribution in [-0.2, 0) is 4.74 Å². The van der Waals surface area contributed by atoms with Crippen LogP contribution in [-0.4, -0.2) is 7.11 Å². The molecule has 0 fully saturated rings. The first-order chi connectivity index (χ1) is 8.88. The molecule has 1 aromatic rings. The summed E-state index contributed by atoms with van der Waals surface area (Å²) in [6.07, 6.45) is 8.59. The van der Waals surface area contributed by atoms with Gasteiger partial charge in [0.2, 0.25) is 0 Å². The lowest BCUT2D eigenvalue weighted by molar-refractivity contribution is 0.143. The van der Waals surface area contributed by atoms with Crippen LogP contribution in [0.5, 0.6) is 0 Å². The van der Waals surface area contributed by atoms with Gasteiger partial charge in [-0.25, -0.2) is 0 Å². The van der Waals surface area contributed by atoms with Gasteiger partial charge < -0.3 is 4.74 Å². The Labute approximate surface area is 111 Å². The Morgan fingerprint density at radius 2 is 2.00 bits per heavy atom. The lowest BCUT2D eigenvalue weighted by Gasteiger charge is -2.09. The highest BCUT2D eigenvalue weighted by molar-refractivity contribution is 5.24. The minimum Gasteiger partial charge on any atom is -0.373 e. The summed E-state index contributed by atoms with van der Waals surface area (Å²) in [4.78, 5) is 0. The molecule has 0 N–H and O–H groups in total. The molecule has 18 heavy (non-hydrogen) atoms. The van der Waals surface area contributed by atoms with Crippen LogP contribution in [0, 0.1) is 11.8 Å². The highest BCUT2D eigenvalue weighted by Crippen LogP contribution is 2.16. The predicted molar refractivity (Wildman–Crippen MR) is 77.3 cm³/mol. The molecule has 1 nitrogen and oxygen atoms in total. The Hall–Kier alpha value is -1.52. The molecule has 0 saturated heterocycles. The lowest BCUT2D eigenvalue weighted by Crippen LogP contribution is -1.96. The SMILES string of the molecule is CCCCCC#C/C=C/C(OC)c1ccccc1. The maximum Gasteiger partial charge on any atom is 0.101 e. The molecule has 0 heterocycles. The van der Waals surface area contributed by atoms with E-state index in [1.54, 1.807) is 7.11 Å². The molecule has 0 aliphatic carbocycles. The second-order valence-electron chi connectivity index (χ2n) is 4.20. The standard InChI is InChI=1S/C17H22O/c1-3-4-5-6-7-8-12-15-17(18-2)16-13-10-9-11-14-16/h9-15,17H,3-6H2,1-2H3/b15-12+. The van der Waals surface area contributed by atoms with Gasteiger partial charge in [0.1, 0.15) is 6.10 Å². The summed E-state index contributed by atoms with van der Waals surface area (Å²) in [5.74, 6) is 6.23. The molecular formula is C17H22O. The number of unbranched alkanes of at least 4 members (excludes halogenated alkanes) is 3. The maximum absolute atomic E-state index is 5.43. The van der Waals surface area contributed by atoms with Crippen LogP contribution in [0.4, 0.5) is 0 Å². The third-order valence-electron chi connectivity index (χ3n) is 2.74. The van der Waals surface area contributed by atoms with Crippen LogP contribution in [0.3, 0.4) is 0 Å². The molecule has 1 atom stereocenters. The summed E-state index contributed by atoms with van der Waals surface area (Å²) in [6.45, 7) is 2.20. The normalized spacial score (nSPS) is 12.1. The molecule has 0 spiro atoms. The predicted octanol–water partition coefficient (Wildman–Crippen LogP) is 4.51. The van der Waals surface area contributed by atoms with Crippen molar-refractivity contribution in [3.63, 3.8) is 0 Å². The van der Waals surface area contributed by atoms with E-state index >= 15 is 0 Å². The number of ether oxygens (including phenoxy) is 1. The summed E-state index contributed by atoms with van der Waals surface area (Å²) in [7, 11) is 1.72. The molecule has 0 aliphatic rings. The Kier molecular flexibility index (Phi) is 7.68. The molecule has 0 aliphatic heterocycles. The van der Waals surface area contributed by atoms with Gasteiger partial charge in [-0.15, -0.1) is 0 Å². The average molecular weight is 242 g/mol. The summed E-state index contributed by atoms with van der Waals surface area (Å²) < 4.78 is 5.43. The highest BCUT2D eigenvalue weighted by Gasteiger charge is 2.03. The first kappa shape index (κ1) is 14.5. The van der Waals surface area contributed by atoms with Crippen molar-refractivity contribution in [1.29, 1.82) is 0 Å². The molecular weight excluding hydrogens is 220 g/mol. The van der Waals surface area contributed by atoms with Gasteiger partial charge in [-0.1, -0.05) is 61.9 Å². The van der Waals surface area contributed by atoms with Crippen LogP contribution in [0.1, 0.15) is 44.3 Å². The van der Waals surface area contributed by atoms with Crippen LogP contribution in [0.2, 0.25) is 0 Å². The molecule has 1 unspecified atom stereocenters. The third kappa shape index (κ3) is 5.70. The molecule has 1 rings (SSSR count). The first-order valence-electron chi connectivity index (χ1n) is 6.61. The molecule has 0 radical (unpaired) electrons. The zero-order valence-electron chi connectivity index (χ0n) is 11.4. The molecule has 0 amide bonds. The Morgan fingerprint density at radius 1 is 1.22 bits per heavy atom. The van der Waals surface area contributed by atoms with Crippen molar-refractivity contribution in [2.24, 2.45) is 0 Å². The number of rotatable bonds is 6. The quantitative estimate of drug-likeness (QED) is 0.526. The fraction of sp³-hybridized carbons (Fsp3) is 0.412. The van der Waals surface area contributed by atoms with Gasteiger partial charge in [0, 0.05) is 13.5 Å². The second-order valence-corrected chi connectivity index (χ2v) is 4.20. The minimum absolute atomic E-state index is 0.00357. The van der Waals surface area contributed by atoms with E-state index in [0.717, 1.165) is 12.0 Å². The van der Waals surface area contributed by atoms with E-state index in [1.807, 2.05) is 30.4 Å². The van der Waals surface area contributed by atoms with Gasteiger partial charge in [-0.3, -0.25) is 0 Å². The van der Waals surface area contributed by atoms with Gasteiger partial charge in [0.05, 0.1) is 0 Å². The van der Waals surface area contributed by atoms with Crippen molar-refractivity contribution in [1.82, 2.24) is 0 Å². The van der Waals surface area contributed by atoms with Crippen molar-refractivity contribution in [2.45, 2.75) is 38.7 Å². The number of methoxy groups -OCH3 is 1. The Balaban J connectivity index is 2.44. The summed E-state index contributed by atoms with van der Waals surface area (Å²) >= 11 is 0. The number of hydrogen-bond acceptors (Lipinski definition) is 1. The van der Waals surface area contributed by atoms with Crippen molar-refractivity contribution in [3.8, 4) is 11.8 Å². The van der Waals surface area contributed by atoms with Crippen molar-refractivity contribution in [3.05, 3.63) is 48.0 Å². The van der Waals surface area contributed by atoms with E-state index in [2.05, 4.69) is 30.9 Å². The molecule has 0 saturated carbocycles. The summed E-state index contributed by atoms with van der Waals surface area (Å²) in [5, 5.41) is 0. The van der Waals surface area contributed by atoms with Gasteiger partial charge in [-0.2, -0.15) is 0 Å². The minimum atomic E-state index is -0.00357. The third-order valence-corrected chi connectivity index (χ3v) is 2.74. The number of benzene rings is 1. The van der Waals surface area contributed by atoms with Crippen molar-refractivity contribution >= 4 is 0 Å². The molecule has 0 aromatic heterocycles. The van der Waals surface area contributed by atoms with Crippen LogP contribution in [0.15, 0.2) is 42.5 Å². The summed E-state index contributed by atoms with van der Waals surface area (Å²) in [6, 6.07) is 10.2. The zero-order valence-corrected chi connectivity index (χ0v) is 11.4. The summed E-state index contributed by atoms with van der Waals surface area (Å²) in [5.41, 5.74) is 1.16. The zero-order chi connectivity index (χ0) is 13.1. The van der Waals surface area contributed by atoms with Crippen molar-refractivity contribution in [2.75, 3.05) is 7.11 Å². The van der Waals surface area contributed by atoms with E-state index < -0.39 is 0 Å². The van der Waals surface area contributed by atoms with Crippen LogP contribution in [0.25, 0.3) is 0 Å². The van der Waals surface area contributed by atoms with E-state index in [4.69, 9.17) is 4.74 Å². The van der Waals surface area contributed by atoms with E-state index in [9.17, 15) is 0 Å². The van der Waals surface area contributed by atoms with E-state index in [1.165, 1.54) is 19.3 Å². The monoisotopic (exact) mass is 242 g/mol. The maximum atomic E-state index is 5.43. The Morgan fingerprint density at radius 3 is 2.67 bits per heavy atom. The fourth-order valence-electron chi connectivity index (χ4n) is 1.70. The molecule has 96 valence electrons. The number of hydrogen-bond donors (Lipinski definition) is 0. The van der Waals surface area contributed by atoms with Crippen LogP contribution >= 0.6 is 0 Å². The highest BCUT2D eigenvalue weighted by atomic mass is 16.5. The van der Waals surface area contributed by atoms with E-state index in [-0.39, 0.29) is 6.10 Å². The largest absolute Gasteiger partial charge is 0.373 e. The van der Waals surface area contributed by atoms with Gasteiger partial charge in [-0.05, 0) is 24.1 Å². The van der Waals surface area contributed by atoms with E-state index in [0.29, 0.717) is 0 Å². The topological polar surface area (TPSA) is 9.23 Å². The molecule has 1 aromatic carbocycles. The molecule has 0 bridgehead atoms. The van der Waals surface area contributed by atoms with Gasteiger partial charge in [0.25, 0.3) is 0 Å². The average Bonchev–Trinajstić information content (AvgIpc) is 2.43. The first-order valence-corrected chi connectivity index (χ1v) is 6.61.